The van der Waals surface area contributed by atoms with Crippen molar-refractivity contribution in [2.75, 3.05) is 6.61 Å². The van der Waals surface area contributed by atoms with Gasteiger partial charge in [0.05, 0.1) is 6.61 Å². The molecule has 0 aliphatic heterocycles. The summed E-state index contributed by atoms with van der Waals surface area (Å²) in [6.45, 7) is 13.7. The van der Waals surface area contributed by atoms with Gasteiger partial charge >= 0.3 is 0 Å². The molecule has 2 nitrogen and oxygen atoms in total. The lowest BCUT2D eigenvalue weighted by atomic mass is 9.97. The lowest BCUT2D eigenvalue weighted by Crippen LogP contribution is -2.21. The standard InChI is InChI=1S/C24H34O2/c1-7-19(5)22-9-10-23(20(6)16-22)26-24(8-2)25-12-11-21-14-17(3)13-18(4)15-21/h9-10,13-16,19,24H,7-8,11-12H2,1-6H3. The van der Waals surface area contributed by atoms with Gasteiger partial charge in [0.25, 0.3) is 0 Å². The highest BCUT2D eigenvalue weighted by atomic mass is 16.7. The van der Waals surface area contributed by atoms with Gasteiger partial charge in [0, 0.05) is 6.42 Å². The zero-order valence-corrected chi connectivity index (χ0v) is 17.3. The Bertz CT molecular complexity index is 685. The predicted molar refractivity (Wildman–Crippen MR) is 110 cm³/mol. The van der Waals surface area contributed by atoms with E-state index in [0.29, 0.717) is 12.5 Å². The first-order chi connectivity index (χ1) is 12.4. The van der Waals surface area contributed by atoms with E-state index in [9.17, 15) is 0 Å². The summed E-state index contributed by atoms with van der Waals surface area (Å²) in [4.78, 5) is 0. The van der Waals surface area contributed by atoms with Crippen molar-refractivity contribution in [1.82, 2.24) is 0 Å². The quantitative estimate of drug-likeness (QED) is 0.479. The molecular weight excluding hydrogens is 320 g/mol. The van der Waals surface area contributed by atoms with Crippen molar-refractivity contribution >= 4 is 0 Å². The van der Waals surface area contributed by atoms with Crippen molar-refractivity contribution in [1.29, 1.82) is 0 Å². The SMILES string of the molecule is CCC(OCCc1cc(C)cc(C)c1)Oc1ccc(C(C)CC)cc1C. The van der Waals surface area contributed by atoms with Crippen LogP contribution in [0.3, 0.4) is 0 Å². The lowest BCUT2D eigenvalue weighted by molar-refractivity contribution is -0.0807. The van der Waals surface area contributed by atoms with E-state index in [1.807, 2.05) is 0 Å². The summed E-state index contributed by atoms with van der Waals surface area (Å²) in [5.41, 5.74) is 6.49. The fraction of sp³-hybridized carbons (Fsp3) is 0.500. The second kappa shape index (κ2) is 9.78. The summed E-state index contributed by atoms with van der Waals surface area (Å²) in [5, 5.41) is 0. The molecular formula is C24H34O2. The van der Waals surface area contributed by atoms with E-state index in [2.05, 4.69) is 77.9 Å². The average molecular weight is 355 g/mol. The van der Waals surface area contributed by atoms with Gasteiger partial charge in [-0.25, -0.2) is 0 Å². The zero-order valence-electron chi connectivity index (χ0n) is 17.3. The monoisotopic (exact) mass is 354 g/mol. The van der Waals surface area contributed by atoms with Crippen molar-refractivity contribution in [2.45, 2.75) is 73.0 Å². The van der Waals surface area contributed by atoms with Crippen molar-refractivity contribution < 1.29 is 9.47 Å². The summed E-state index contributed by atoms with van der Waals surface area (Å²) in [7, 11) is 0. The molecule has 0 amide bonds. The average Bonchev–Trinajstić information content (AvgIpc) is 2.60. The maximum absolute atomic E-state index is 6.13. The molecule has 2 atom stereocenters. The van der Waals surface area contributed by atoms with Crippen molar-refractivity contribution in [3.63, 3.8) is 0 Å². The Labute approximate surface area is 159 Å². The van der Waals surface area contributed by atoms with Crippen LogP contribution < -0.4 is 4.74 Å². The molecule has 2 aromatic carbocycles. The Kier molecular flexibility index (Phi) is 7.71. The predicted octanol–water partition coefficient (Wildman–Crippen LogP) is 6.50. The van der Waals surface area contributed by atoms with Crippen LogP contribution in [0.5, 0.6) is 5.75 Å². The molecule has 2 unspecified atom stereocenters. The van der Waals surface area contributed by atoms with Gasteiger partial charge < -0.3 is 9.47 Å². The van der Waals surface area contributed by atoms with Gasteiger partial charge in [-0.15, -0.1) is 0 Å². The maximum atomic E-state index is 6.13. The molecule has 142 valence electrons. The van der Waals surface area contributed by atoms with E-state index >= 15 is 0 Å². The minimum atomic E-state index is -0.200. The molecule has 0 aliphatic rings. The molecule has 0 aromatic heterocycles. The van der Waals surface area contributed by atoms with Crippen LogP contribution in [0.2, 0.25) is 0 Å². The third-order valence-electron chi connectivity index (χ3n) is 4.95. The smallest absolute Gasteiger partial charge is 0.199 e. The second-order valence-corrected chi connectivity index (χ2v) is 7.41. The Hall–Kier alpha value is -1.80. The van der Waals surface area contributed by atoms with Gasteiger partial charge in [0.2, 0.25) is 0 Å². The Balaban J connectivity index is 1.92. The van der Waals surface area contributed by atoms with Crippen LogP contribution in [0.25, 0.3) is 0 Å². The molecule has 2 heteroatoms. The van der Waals surface area contributed by atoms with Gasteiger partial charge in [-0.1, -0.05) is 62.2 Å². The van der Waals surface area contributed by atoms with Crippen LogP contribution in [0.1, 0.15) is 67.3 Å². The fourth-order valence-corrected chi connectivity index (χ4v) is 3.25. The summed E-state index contributed by atoms with van der Waals surface area (Å²) in [5.74, 6) is 1.51. The number of hydrogen-bond acceptors (Lipinski definition) is 2. The lowest BCUT2D eigenvalue weighted by Gasteiger charge is -2.20. The van der Waals surface area contributed by atoms with Crippen LogP contribution in [-0.2, 0) is 11.2 Å². The highest BCUT2D eigenvalue weighted by Crippen LogP contribution is 2.26. The zero-order chi connectivity index (χ0) is 19.1. The van der Waals surface area contributed by atoms with Crippen LogP contribution in [0.4, 0.5) is 0 Å². The minimum Gasteiger partial charge on any atom is -0.465 e. The maximum Gasteiger partial charge on any atom is 0.199 e. The molecule has 2 aromatic rings. The molecule has 0 N–H and O–H groups in total. The van der Waals surface area contributed by atoms with Gasteiger partial charge in [-0.05, 0) is 62.3 Å². The van der Waals surface area contributed by atoms with E-state index in [1.54, 1.807) is 0 Å². The fourth-order valence-electron chi connectivity index (χ4n) is 3.25. The molecule has 0 heterocycles. The Morgan fingerprint density at radius 1 is 0.885 bits per heavy atom. The van der Waals surface area contributed by atoms with Crippen LogP contribution >= 0.6 is 0 Å². The first-order valence-electron chi connectivity index (χ1n) is 9.88. The molecule has 26 heavy (non-hydrogen) atoms. The molecule has 2 rings (SSSR count). The van der Waals surface area contributed by atoms with E-state index in [4.69, 9.17) is 9.47 Å². The van der Waals surface area contributed by atoms with Crippen LogP contribution in [0.15, 0.2) is 36.4 Å². The van der Waals surface area contributed by atoms with Crippen LogP contribution in [0, 0.1) is 20.8 Å². The highest BCUT2D eigenvalue weighted by Gasteiger charge is 2.12. The van der Waals surface area contributed by atoms with Crippen LogP contribution in [-0.4, -0.2) is 12.9 Å². The second-order valence-electron chi connectivity index (χ2n) is 7.41. The normalized spacial score (nSPS) is 13.5. The molecule has 0 saturated carbocycles. The number of aryl methyl sites for hydroxylation is 3. The molecule has 0 bridgehead atoms. The molecule has 0 aliphatic carbocycles. The van der Waals surface area contributed by atoms with Crippen molar-refractivity contribution in [2.24, 2.45) is 0 Å². The molecule has 0 fully saturated rings. The summed E-state index contributed by atoms with van der Waals surface area (Å²) < 4.78 is 12.1. The largest absolute Gasteiger partial charge is 0.465 e. The van der Waals surface area contributed by atoms with Gasteiger partial charge in [-0.3, -0.25) is 0 Å². The number of rotatable bonds is 9. The Morgan fingerprint density at radius 2 is 1.58 bits per heavy atom. The molecule has 0 spiro atoms. The first kappa shape index (κ1) is 20.5. The highest BCUT2D eigenvalue weighted by molar-refractivity contribution is 5.37. The van der Waals surface area contributed by atoms with Crippen molar-refractivity contribution in [3.05, 3.63) is 64.2 Å². The summed E-state index contributed by atoms with van der Waals surface area (Å²) in [6.07, 6.45) is 2.70. The summed E-state index contributed by atoms with van der Waals surface area (Å²) in [6, 6.07) is 13.2. The van der Waals surface area contributed by atoms with Gasteiger partial charge in [0.1, 0.15) is 5.75 Å². The van der Waals surface area contributed by atoms with E-state index in [-0.39, 0.29) is 6.29 Å². The van der Waals surface area contributed by atoms with E-state index < -0.39 is 0 Å². The Morgan fingerprint density at radius 3 is 2.15 bits per heavy atom. The number of benzene rings is 2. The molecule has 0 radical (unpaired) electrons. The van der Waals surface area contributed by atoms with E-state index in [0.717, 1.165) is 25.0 Å². The third-order valence-corrected chi connectivity index (χ3v) is 4.95. The minimum absolute atomic E-state index is 0.200. The first-order valence-corrected chi connectivity index (χ1v) is 9.88. The summed E-state index contributed by atoms with van der Waals surface area (Å²) >= 11 is 0. The van der Waals surface area contributed by atoms with Crippen molar-refractivity contribution in [3.8, 4) is 5.75 Å². The van der Waals surface area contributed by atoms with Gasteiger partial charge in [-0.2, -0.15) is 0 Å². The third kappa shape index (κ3) is 5.88. The molecule has 0 saturated heterocycles. The topological polar surface area (TPSA) is 18.5 Å². The van der Waals surface area contributed by atoms with E-state index in [1.165, 1.54) is 27.8 Å². The number of ether oxygens (including phenoxy) is 2. The van der Waals surface area contributed by atoms with Gasteiger partial charge in [0.15, 0.2) is 6.29 Å². The number of hydrogen-bond donors (Lipinski definition) is 0.